The van der Waals surface area contributed by atoms with Crippen molar-refractivity contribution in [2.75, 3.05) is 5.32 Å². The molecule has 0 atom stereocenters. The zero-order valence-corrected chi connectivity index (χ0v) is 9.50. The van der Waals surface area contributed by atoms with E-state index in [1.807, 2.05) is 12.1 Å². The van der Waals surface area contributed by atoms with Crippen molar-refractivity contribution in [3.05, 3.63) is 58.9 Å². The van der Waals surface area contributed by atoms with Crippen LogP contribution in [0.4, 0.5) is 15.8 Å². The standard InChI is InChI=1S/C13H8ClFN2/c14-12-7-11(4-5-13(12)15)17-10-3-1-2-9(6-10)8-16/h1-7,17H. The number of hydrogen-bond donors (Lipinski definition) is 1. The van der Waals surface area contributed by atoms with Crippen molar-refractivity contribution in [1.29, 1.82) is 5.26 Å². The molecule has 4 heteroatoms. The summed E-state index contributed by atoms with van der Waals surface area (Å²) in [5.41, 5.74) is 1.99. The molecule has 2 aromatic rings. The lowest BCUT2D eigenvalue weighted by atomic mass is 10.2. The van der Waals surface area contributed by atoms with E-state index in [9.17, 15) is 4.39 Å². The van der Waals surface area contributed by atoms with Gasteiger partial charge in [0.05, 0.1) is 16.7 Å². The monoisotopic (exact) mass is 246 g/mol. The second-order valence-corrected chi connectivity index (χ2v) is 3.85. The molecule has 84 valence electrons. The molecule has 0 aliphatic heterocycles. The van der Waals surface area contributed by atoms with Crippen LogP contribution in [0.2, 0.25) is 5.02 Å². The summed E-state index contributed by atoms with van der Waals surface area (Å²) in [7, 11) is 0. The van der Waals surface area contributed by atoms with E-state index in [0.29, 0.717) is 11.3 Å². The maximum Gasteiger partial charge on any atom is 0.141 e. The number of nitrogens with one attached hydrogen (secondary N) is 1. The molecule has 0 aromatic heterocycles. The molecule has 0 amide bonds. The number of anilines is 2. The van der Waals surface area contributed by atoms with Crippen LogP contribution in [0.3, 0.4) is 0 Å². The van der Waals surface area contributed by atoms with E-state index in [1.54, 1.807) is 24.3 Å². The second kappa shape index (κ2) is 4.86. The highest BCUT2D eigenvalue weighted by atomic mass is 35.5. The summed E-state index contributed by atoms with van der Waals surface area (Å²) >= 11 is 5.67. The summed E-state index contributed by atoms with van der Waals surface area (Å²) in [6.45, 7) is 0. The van der Waals surface area contributed by atoms with Crippen molar-refractivity contribution >= 4 is 23.0 Å². The van der Waals surface area contributed by atoms with E-state index in [0.717, 1.165) is 5.69 Å². The molecule has 0 saturated carbocycles. The Balaban J connectivity index is 2.25. The van der Waals surface area contributed by atoms with Crippen molar-refractivity contribution in [3.8, 4) is 6.07 Å². The Kier molecular flexibility index (Phi) is 3.27. The van der Waals surface area contributed by atoms with Crippen molar-refractivity contribution in [3.63, 3.8) is 0 Å². The lowest BCUT2D eigenvalue weighted by Gasteiger charge is -2.07. The van der Waals surface area contributed by atoms with Gasteiger partial charge in [-0.2, -0.15) is 5.26 Å². The van der Waals surface area contributed by atoms with Gasteiger partial charge in [-0.1, -0.05) is 17.7 Å². The molecule has 0 saturated heterocycles. The zero-order chi connectivity index (χ0) is 12.3. The fourth-order valence-electron chi connectivity index (χ4n) is 1.41. The fourth-order valence-corrected chi connectivity index (χ4v) is 1.59. The fraction of sp³-hybridized carbons (Fsp3) is 0. The number of benzene rings is 2. The number of rotatable bonds is 2. The first-order valence-electron chi connectivity index (χ1n) is 4.91. The highest BCUT2D eigenvalue weighted by molar-refractivity contribution is 6.31. The summed E-state index contributed by atoms with van der Waals surface area (Å²) in [5.74, 6) is -0.456. The Bertz CT molecular complexity index is 590. The molecule has 0 spiro atoms. The van der Waals surface area contributed by atoms with E-state index in [-0.39, 0.29) is 5.02 Å². The largest absolute Gasteiger partial charge is 0.355 e. The van der Waals surface area contributed by atoms with Crippen LogP contribution in [0.5, 0.6) is 0 Å². The quantitative estimate of drug-likeness (QED) is 0.866. The van der Waals surface area contributed by atoms with Gasteiger partial charge in [-0.25, -0.2) is 4.39 Å². The van der Waals surface area contributed by atoms with Gasteiger partial charge in [0.1, 0.15) is 5.82 Å². The Morgan fingerprint density at radius 2 is 1.88 bits per heavy atom. The summed E-state index contributed by atoms with van der Waals surface area (Å²) in [5, 5.41) is 11.9. The highest BCUT2D eigenvalue weighted by Gasteiger charge is 2.01. The van der Waals surface area contributed by atoms with Crippen LogP contribution in [-0.2, 0) is 0 Å². The van der Waals surface area contributed by atoms with Crippen LogP contribution in [0.25, 0.3) is 0 Å². The maximum atomic E-state index is 13.0. The molecule has 0 aliphatic rings. The molecule has 0 aliphatic carbocycles. The van der Waals surface area contributed by atoms with Gasteiger partial charge in [0.15, 0.2) is 0 Å². The molecule has 0 fully saturated rings. The molecule has 2 nitrogen and oxygen atoms in total. The van der Waals surface area contributed by atoms with Crippen molar-refractivity contribution in [1.82, 2.24) is 0 Å². The minimum Gasteiger partial charge on any atom is -0.355 e. The minimum absolute atomic E-state index is 0.0615. The lowest BCUT2D eigenvalue weighted by molar-refractivity contribution is 0.628. The van der Waals surface area contributed by atoms with E-state index in [2.05, 4.69) is 5.32 Å². The van der Waals surface area contributed by atoms with E-state index < -0.39 is 5.82 Å². The number of nitriles is 1. The van der Waals surface area contributed by atoms with Crippen LogP contribution in [-0.4, -0.2) is 0 Å². The van der Waals surface area contributed by atoms with E-state index >= 15 is 0 Å². The first-order chi connectivity index (χ1) is 8.19. The molecule has 1 N–H and O–H groups in total. The van der Waals surface area contributed by atoms with Gasteiger partial charge in [0, 0.05) is 11.4 Å². The SMILES string of the molecule is N#Cc1cccc(Nc2ccc(F)c(Cl)c2)c1. The number of hydrogen-bond acceptors (Lipinski definition) is 2. The van der Waals surface area contributed by atoms with Crippen molar-refractivity contribution in [2.24, 2.45) is 0 Å². The molecule has 2 rings (SSSR count). The predicted octanol–water partition coefficient (Wildman–Crippen LogP) is 4.09. The van der Waals surface area contributed by atoms with Gasteiger partial charge in [-0.05, 0) is 36.4 Å². The van der Waals surface area contributed by atoms with Gasteiger partial charge in [0.25, 0.3) is 0 Å². The normalized spacial score (nSPS) is 9.71. The Morgan fingerprint density at radius 1 is 1.12 bits per heavy atom. The molecular formula is C13H8ClFN2. The van der Waals surface area contributed by atoms with Gasteiger partial charge >= 0.3 is 0 Å². The average molecular weight is 247 g/mol. The van der Waals surface area contributed by atoms with Gasteiger partial charge in [-0.3, -0.25) is 0 Å². The second-order valence-electron chi connectivity index (χ2n) is 3.45. The zero-order valence-electron chi connectivity index (χ0n) is 8.74. The van der Waals surface area contributed by atoms with Crippen molar-refractivity contribution in [2.45, 2.75) is 0 Å². The molecule has 0 unspecified atom stereocenters. The molecule has 2 aromatic carbocycles. The average Bonchev–Trinajstić information content (AvgIpc) is 2.34. The van der Waals surface area contributed by atoms with Gasteiger partial charge < -0.3 is 5.32 Å². The van der Waals surface area contributed by atoms with Gasteiger partial charge in [-0.15, -0.1) is 0 Å². The maximum absolute atomic E-state index is 13.0. The molecular weight excluding hydrogens is 239 g/mol. The number of nitrogens with zero attached hydrogens (tertiary/aromatic N) is 1. The topological polar surface area (TPSA) is 35.8 Å². The third kappa shape index (κ3) is 2.74. The van der Waals surface area contributed by atoms with Crippen LogP contribution < -0.4 is 5.32 Å². The smallest absolute Gasteiger partial charge is 0.141 e. The predicted molar refractivity (Wildman–Crippen MR) is 65.8 cm³/mol. The highest BCUT2D eigenvalue weighted by Crippen LogP contribution is 2.23. The minimum atomic E-state index is -0.456. The van der Waals surface area contributed by atoms with Gasteiger partial charge in [0.2, 0.25) is 0 Å². The number of halogens is 2. The van der Waals surface area contributed by atoms with Crippen LogP contribution in [0, 0.1) is 17.1 Å². The van der Waals surface area contributed by atoms with E-state index in [4.69, 9.17) is 16.9 Å². The lowest BCUT2D eigenvalue weighted by Crippen LogP contribution is -1.91. The van der Waals surface area contributed by atoms with Crippen LogP contribution in [0.1, 0.15) is 5.56 Å². The summed E-state index contributed by atoms with van der Waals surface area (Å²) < 4.78 is 13.0. The Hall–Kier alpha value is -2.05. The summed E-state index contributed by atoms with van der Waals surface area (Å²) in [4.78, 5) is 0. The third-order valence-corrected chi connectivity index (χ3v) is 2.49. The Morgan fingerprint density at radius 3 is 2.59 bits per heavy atom. The summed E-state index contributed by atoms with van der Waals surface area (Å²) in [6, 6.07) is 13.4. The third-order valence-electron chi connectivity index (χ3n) is 2.20. The summed E-state index contributed by atoms with van der Waals surface area (Å²) in [6.07, 6.45) is 0. The Labute approximate surface area is 103 Å². The molecule has 0 bridgehead atoms. The first kappa shape index (κ1) is 11.4. The molecule has 17 heavy (non-hydrogen) atoms. The molecule has 0 radical (unpaired) electrons. The van der Waals surface area contributed by atoms with Crippen LogP contribution in [0.15, 0.2) is 42.5 Å². The van der Waals surface area contributed by atoms with E-state index in [1.165, 1.54) is 12.1 Å². The first-order valence-corrected chi connectivity index (χ1v) is 5.29. The molecule has 0 heterocycles. The van der Waals surface area contributed by atoms with Crippen molar-refractivity contribution < 1.29 is 4.39 Å². The van der Waals surface area contributed by atoms with Crippen LogP contribution >= 0.6 is 11.6 Å².